The maximum atomic E-state index is 4.46. The second-order valence-electron chi connectivity index (χ2n) is 2.60. The fourth-order valence-corrected chi connectivity index (χ4v) is 1.26. The van der Waals surface area contributed by atoms with Gasteiger partial charge in [-0.2, -0.15) is 0 Å². The van der Waals surface area contributed by atoms with E-state index < -0.39 is 0 Å². The molecule has 0 saturated heterocycles. The van der Waals surface area contributed by atoms with Crippen LogP contribution in [-0.4, -0.2) is 11.7 Å². The average molecular weight is 141 g/mol. The first-order valence-corrected chi connectivity index (χ1v) is 3.83. The Morgan fingerprint density at radius 3 is 2.89 bits per heavy atom. The number of aliphatic imine (C=N–C) groups is 1. The fraction of sp³-hybridized carbons (Fsp3) is 0.857. The van der Waals surface area contributed by atoms with Gasteiger partial charge in [-0.25, -0.2) is 4.99 Å². The van der Waals surface area contributed by atoms with Crippen molar-refractivity contribution in [2.24, 2.45) is 16.8 Å². The van der Waals surface area contributed by atoms with Gasteiger partial charge in [0.2, 0.25) is 0 Å². The minimum atomic E-state index is 0.838. The van der Waals surface area contributed by atoms with Gasteiger partial charge in [0.05, 0.1) is 11.7 Å². The molecule has 50 valence electrons. The van der Waals surface area contributed by atoms with Gasteiger partial charge < -0.3 is 0 Å². The maximum Gasteiger partial charge on any atom is 0.0585 e. The summed E-state index contributed by atoms with van der Waals surface area (Å²) in [5, 5.41) is 2.39. The van der Waals surface area contributed by atoms with Crippen LogP contribution in [0.2, 0.25) is 0 Å². The second kappa shape index (κ2) is 3.09. The number of thiocarbonyl (C=S) groups is 1. The normalized spacial score (nSPS) is 31.2. The first-order valence-electron chi connectivity index (χ1n) is 3.42. The molecule has 1 nitrogen and oxygen atoms in total. The van der Waals surface area contributed by atoms with E-state index in [0.29, 0.717) is 0 Å². The minimum absolute atomic E-state index is 0.838. The molecule has 0 amide bonds. The van der Waals surface area contributed by atoms with E-state index >= 15 is 0 Å². The van der Waals surface area contributed by atoms with Crippen molar-refractivity contribution in [2.75, 3.05) is 6.54 Å². The maximum absolute atomic E-state index is 4.46. The third-order valence-corrected chi connectivity index (χ3v) is 2.11. The molecule has 9 heavy (non-hydrogen) atoms. The van der Waals surface area contributed by atoms with Gasteiger partial charge in [0, 0.05) is 0 Å². The molecule has 0 heterocycles. The smallest absolute Gasteiger partial charge is 0.0585 e. The van der Waals surface area contributed by atoms with Gasteiger partial charge in [-0.3, -0.25) is 0 Å². The van der Waals surface area contributed by atoms with Crippen molar-refractivity contribution in [1.29, 1.82) is 0 Å². The minimum Gasteiger partial charge on any atom is -0.232 e. The van der Waals surface area contributed by atoms with Crippen molar-refractivity contribution in [1.82, 2.24) is 0 Å². The third kappa shape index (κ3) is 1.88. The van der Waals surface area contributed by atoms with Crippen LogP contribution in [0.1, 0.15) is 19.8 Å². The van der Waals surface area contributed by atoms with E-state index in [1.165, 1.54) is 12.8 Å². The van der Waals surface area contributed by atoms with Crippen LogP contribution in [0.15, 0.2) is 4.99 Å². The van der Waals surface area contributed by atoms with Crippen LogP contribution < -0.4 is 0 Å². The molecule has 2 heteroatoms. The SMILES string of the molecule is CC[C@@H]1C[C@H]1CN=C=S. The number of isothiocyanates is 1. The number of hydrogen-bond acceptors (Lipinski definition) is 2. The van der Waals surface area contributed by atoms with Crippen LogP contribution in [0.5, 0.6) is 0 Å². The fourth-order valence-electron chi connectivity index (χ4n) is 1.19. The Morgan fingerprint density at radius 2 is 2.44 bits per heavy atom. The molecule has 1 aliphatic carbocycles. The first-order chi connectivity index (χ1) is 4.38. The van der Waals surface area contributed by atoms with Crippen molar-refractivity contribution in [3.8, 4) is 0 Å². The second-order valence-corrected chi connectivity index (χ2v) is 2.78. The first kappa shape index (κ1) is 6.91. The summed E-state index contributed by atoms with van der Waals surface area (Å²) in [6.07, 6.45) is 2.66. The summed E-state index contributed by atoms with van der Waals surface area (Å²) in [5.74, 6) is 1.78. The average Bonchev–Trinajstić information content (AvgIpc) is 2.62. The highest BCUT2D eigenvalue weighted by atomic mass is 32.1. The van der Waals surface area contributed by atoms with Gasteiger partial charge >= 0.3 is 0 Å². The zero-order valence-electron chi connectivity index (χ0n) is 5.63. The monoisotopic (exact) mass is 141 g/mol. The van der Waals surface area contributed by atoms with Crippen molar-refractivity contribution in [3.05, 3.63) is 0 Å². The van der Waals surface area contributed by atoms with E-state index in [0.717, 1.165) is 18.4 Å². The number of hydrogen-bond donors (Lipinski definition) is 0. The summed E-state index contributed by atoms with van der Waals surface area (Å²) in [7, 11) is 0. The molecule has 0 spiro atoms. The highest BCUT2D eigenvalue weighted by molar-refractivity contribution is 7.78. The third-order valence-electron chi connectivity index (χ3n) is 1.98. The molecule has 1 saturated carbocycles. The van der Waals surface area contributed by atoms with E-state index in [4.69, 9.17) is 0 Å². The molecule has 0 bridgehead atoms. The molecule has 1 fully saturated rings. The van der Waals surface area contributed by atoms with E-state index in [1.807, 2.05) is 0 Å². The van der Waals surface area contributed by atoms with E-state index in [2.05, 4.69) is 29.3 Å². The Bertz CT molecular complexity index is 138. The van der Waals surface area contributed by atoms with E-state index in [-0.39, 0.29) is 0 Å². The highest BCUT2D eigenvalue weighted by Crippen LogP contribution is 2.40. The lowest BCUT2D eigenvalue weighted by atomic mass is 10.2. The molecule has 0 N–H and O–H groups in total. The lowest BCUT2D eigenvalue weighted by Gasteiger charge is -1.86. The molecule has 0 unspecified atom stereocenters. The van der Waals surface area contributed by atoms with Gasteiger partial charge in [-0.05, 0) is 30.5 Å². The summed E-state index contributed by atoms with van der Waals surface area (Å²) in [6.45, 7) is 3.15. The molecule has 0 aromatic carbocycles. The van der Waals surface area contributed by atoms with E-state index in [9.17, 15) is 0 Å². The zero-order chi connectivity index (χ0) is 6.69. The molecular formula is C7H11NS. The van der Waals surface area contributed by atoms with Gasteiger partial charge in [-0.1, -0.05) is 13.3 Å². The van der Waals surface area contributed by atoms with Crippen LogP contribution in [0.25, 0.3) is 0 Å². The molecule has 1 rings (SSSR count). The van der Waals surface area contributed by atoms with Crippen LogP contribution in [0.4, 0.5) is 0 Å². The quantitative estimate of drug-likeness (QED) is 0.433. The molecule has 0 aromatic heterocycles. The Balaban J connectivity index is 2.12. The Kier molecular flexibility index (Phi) is 2.38. The zero-order valence-corrected chi connectivity index (χ0v) is 6.45. The summed E-state index contributed by atoms with van der Waals surface area (Å²) in [5.41, 5.74) is 0. The van der Waals surface area contributed by atoms with Crippen LogP contribution in [-0.2, 0) is 0 Å². The van der Waals surface area contributed by atoms with Crippen molar-refractivity contribution >= 4 is 17.4 Å². The molecule has 0 aromatic rings. The predicted octanol–water partition coefficient (Wildman–Crippen LogP) is 2.14. The molecular weight excluding hydrogens is 130 g/mol. The largest absolute Gasteiger partial charge is 0.232 e. The van der Waals surface area contributed by atoms with Gasteiger partial charge in [0.1, 0.15) is 0 Å². The molecule has 0 aliphatic heterocycles. The number of nitrogens with zero attached hydrogens (tertiary/aromatic N) is 1. The number of rotatable bonds is 3. The van der Waals surface area contributed by atoms with E-state index in [1.54, 1.807) is 0 Å². The Hall–Kier alpha value is -0.200. The lowest BCUT2D eigenvalue weighted by Crippen LogP contribution is -1.84. The topological polar surface area (TPSA) is 12.4 Å². The summed E-state index contributed by atoms with van der Waals surface area (Å²) in [6, 6.07) is 0. The lowest BCUT2D eigenvalue weighted by molar-refractivity contribution is 0.690. The summed E-state index contributed by atoms with van der Waals surface area (Å²) < 4.78 is 0. The van der Waals surface area contributed by atoms with Crippen LogP contribution in [0.3, 0.4) is 0 Å². The van der Waals surface area contributed by atoms with Crippen molar-refractivity contribution in [2.45, 2.75) is 19.8 Å². The molecule has 2 atom stereocenters. The summed E-state index contributed by atoms with van der Waals surface area (Å²) >= 11 is 4.46. The Morgan fingerprint density at radius 1 is 1.67 bits per heavy atom. The molecule has 0 radical (unpaired) electrons. The van der Waals surface area contributed by atoms with Gasteiger partial charge in [0.15, 0.2) is 0 Å². The van der Waals surface area contributed by atoms with Gasteiger partial charge in [-0.15, -0.1) is 0 Å². The van der Waals surface area contributed by atoms with Gasteiger partial charge in [0.25, 0.3) is 0 Å². The van der Waals surface area contributed by atoms with Crippen LogP contribution in [0, 0.1) is 11.8 Å². The molecule has 1 aliphatic rings. The Labute approximate surface area is 61.2 Å². The predicted molar refractivity (Wildman–Crippen MR) is 41.8 cm³/mol. The van der Waals surface area contributed by atoms with Crippen molar-refractivity contribution in [3.63, 3.8) is 0 Å². The standard InChI is InChI=1S/C7H11NS/c1-2-6-3-7(6)4-8-5-9/h6-7H,2-4H2,1H3/t6-,7+/m1/s1. The van der Waals surface area contributed by atoms with Crippen LogP contribution >= 0.6 is 12.2 Å². The van der Waals surface area contributed by atoms with Crippen molar-refractivity contribution < 1.29 is 0 Å². The highest BCUT2D eigenvalue weighted by Gasteiger charge is 2.34. The summed E-state index contributed by atoms with van der Waals surface area (Å²) in [4.78, 5) is 3.90.